The van der Waals surface area contributed by atoms with Crippen molar-refractivity contribution in [3.8, 4) is 0 Å². The summed E-state index contributed by atoms with van der Waals surface area (Å²) in [5.41, 5.74) is 0. The summed E-state index contributed by atoms with van der Waals surface area (Å²) in [5, 5.41) is 4.01. The van der Waals surface area contributed by atoms with E-state index in [9.17, 15) is 8.42 Å². The van der Waals surface area contributed by atoms with Gasteiger partial charge in [-0.15, -0.1) is 0 Å². The fourth-order valence-electron chi connectivity index (χ4n) is 0.993. The highest BCUT2D eigenvalue weighted by atomic mass is 79.9. The van der Waals surface area contributed by atoms with Crippen LogP contribution in [0.1, 0.15) is 19.9 Å². The minimum Gasteiger partial charge on any atom is -0.267 e. The number of nitrogens with one attached hydrogen (secondary N) is 1. The Kier molecular flexibility index (Phi) is 3.54. The lowest BCUT2D eigenvalue weighted by Gasteiger charge is -2.11. The number of sulfonamides is 1. The first-order valence-electron chi connectivity index (χ1n) is 4.06. The molecule has 1 aromatic rings. The number of alkyl halides is 1. The highest BCUT2D eigenvalue weighted by Crippen LogP contribution is 2.14. The van der Waals surface area contributed by atoms with Crippen LogP contribution in [-0.2, 0) is 10.0 Å². The summed E-state index contributed by atoms with van der Waals surface area (Å²) in [6, 6.07) is 1.75. The third kappa shape index (κ3) is 2.71. The molecule has 0 aliphatic carbocycles. The molecule has 0 spiro atoms. The summed E-state index contributed by atoms with van der Waals surface area (Å²) in [6.07, 6.45) is 1.56. The van der Waals surface area contributed by atoms with Crippen LogP contribution < -0.4 is 4.72 Å². The predicted molar refractivity (Wildman–Crippen MR) is 58.9 cm³/mol. The van der Waals surface area contributed by atoms with Gasteiger partial charge in [0, 0.05) is 12.1 Å². The number of anilines is 1. The largest absolute Gasteiger partial charge is 0.267 e. The van der Waals surface area contributed by atoms with E-state index in [1.807, 2.05) is 13.8 Å². The normalized spacial score (nSPS) is 12.0. The Morgan fingerprint density at radius 1 is 1.64 bits per heavy atom. The molecule has 0 saturated carbocycles. The summed E-state index contributed by atoms with van der Waals surface area (Å²) in [4.78, 5) is 0. The van der Waals surface area contributed by atoms with Crippen molar-refractivity contribution < 1.29 is 8.42 Å². The van der Waals surface area contributed by atoms with E-state index in [-0.39, 0.29) is 10.7 Å². The van der Waals surface area contributed by atoms with Crippen molar-refractivity contribution in [2.45, 2.75) is 19.9 Å². The molecule has 0 aliphatic heterocycles. The Morgan fingerprint density at radius 3 is 2.79 bits per heavy atom. The third-order valence-corrected chi connectivity index (χ3v) is 4.18. The maximum Gasteiger partial charge on any atom is 0.243 e. The molecule has 1 heterocycles. The van der Waals surface area contributed by atoms with Gasteiger partial charge in [0.05, 0.1) is 6.20 Å². The molecular weight excluding hydrogens is 270 g/mol. The van der Waals surface area contributed by atoms with Crippen LogP contribution in [0.25, 0.3) is 0 Å². The molecule has 0 aliphatic rings. The van der Waals surface area contributed by atoms with Crippen LogP contribution in [-0.4, -0.2) is 22.9 Å². The molecular formula is C7H12BrN3O2S. The van der Waals surface area contributed by atoms with Crippen molar-refractivity contribution in [2.75, 3.05) is 9.38 Å². The Labute approximate surface area is 91.7 Å². The van der Waals surface area contributed by atoms with Gasteiger partial charge in [-0.05, 0) is 13.8 Å². The van der Waals surface area contributed by atoms with Crippen molar-refractivity contribution in [3.05, 3.63) is 12.3 Å². The minimum absolute atomic E-state index is 0.122. The van der Waals surface area contributed by atoms with Crippen LogP contribution in [0, 0.1) is 0 Å². The lowest BCUT2D eigenvalue weighted by Crippen LogP contribution is -2.17. The molecule has 0 saturated heterocycles. The van der Waals surface area contributed by atoms with Gasteiger partial charge in [-0.25, -0.2) is 13.1 Å². The molecule has 14 heavy (non-hydrogen) atoms. The van der Waals surface area contributed by atoms with Crippen LogP contribution in [0.15, 0.2) is 12.3 Å². The Morgan fingerprint density at radius 2 is 2.29 bits per heavy atom. The van der Waals surface area contributed by atoms with Gasteiger partial charge >= 0.3 is 0 Å². The fraction of sp³-hybridized carbons (Fsp3) is 0.571. The van der Waals surface area contributed by atoms with E-state index in [4.69, 9.17) is 0 Å². The average molecular weight is 282 g/mol. The van der Waals surface area contributed by atoms with Crippen molar-refractivity contribution in [1.29, 1.82) is 0 Å². The molecule has 0 atom stereocenters. The topological polar surface area (TPSA) is 64.0 Å². The summed E-state index contributed by atoms with van der Waals surface area (Å²) in [5.74, 6) is 0.486. The summed E-state index contributed by atoms with van der Waals surface area (Å²) >= 11 is 2.90. The fourth-order valence-corrected chi connectivity index (χ4v) is 1.87. The number of hydrogen-bond donors (Lipinski definition) is 1. The van der Waals surface area contributed by atoms with E-state index in [1.165, 1.54) is 0 Å². The van der Waals surface area contributed by atoms with Crippen LogP contribution in [0.4, 0.5) is 5.82 Å². The van der Waals surface area contributed by atoms with E-state index in [1.54, 1.807) is 16.9 Å². The molecule has 0 amide bonds. The maximum absolute atomic E-state index is 11.2. The van der Waals surface area contributed by atoms with Crippen molar-refractivity contribution in [3.63, 3.8) is 0 Å². The molecule has 80 valence electrons. The first kappa shape index (κ1) is 11.5. The zero-order chi connectivity index (χ0) is 10.8. The summed E-state index contributed by atoms with van der Waals surface area (Å²) < 4.78 is 26.4. The summed E-state index contributed by atoms with van der Waals surface area (Å²) in [7, 11) is -3.29. The zero-order valence-electron chi connectivity index (χ0n) is 7.94. The Balaban J connectivity index is 2.93. The van der Waals surface area contributed by atoms with E-state index >= 15 is 0 Å². The maximum atomic E-state index is 11.2. The molecule has 0 aromatic carbocycles. The lowest BCUT2D eigenvalue weighted by molar-refractivity contribution is 0.539. The monoisotopic (exact) mass is 281 g/mol. The number of halogens is 1. The molecule has 1 aromatic heterocycles. The van der Waals surface area contributed by atoms with Gasteiger partial charge < -0.3 is 0 Å². The van der Waals surface area contributed by atoms with Gasteiger partial charge in [0.25, 0.3) is 0 Å². The third-order valence-electron chi connectivity index (χ3n) is 1.56. The van der Waals surface area contributed by atoms with Gasteiger partial charge in [0.1, 0.15) is 10.5 Å². The lowest BCUT2D eigenvalue weighted by atomic mass is 10.4. The van der Waals surface area contributed by atoms with Crippen molar-refractivity contribution >= 4 is 31.8 Å². The minimum atomic E-state index is -3.29. The highest BCUT2D eigenvalue weighted by molar-refractivity contribution is 9.10. The summed E-state index contributed by atoms with van der Waals surface area (Å²) in [6.45, 7) is 3.86. The number of hydrogen-bond acceptors (Lipinski definition) is 3. The Hall–Kier alpha value is -0.560. The van der Waals surface area contributed by atoms with E-state index in [0.717, 1.165) is 0 Å². The average Bonchev–Trinajstić information content (AvgIpc) is 2.51. The quantitative estimate of drug-likeness (QED) is 0.852. The highest BCUT2D eigenvalue weighted by Gasteiger charge is 2.12. The van der Waals surface area contributed by atoms with Gasteiger partial charge in [-0.1, -0.05) is 15.9 Å². The van der Waals surface area contributed by atoms with Crippen molar-refractivity contribution in [1.82, 2.24) is 9.78 Å². The number of nitrogens with zero attached hydrogens (tertiary/aromatic N) is 2. The molecule has 0 bridgehead atoms. The first-order valence-corrected chi connectivity index (χ1v) is 6.83. The van der Waals surface area contributed by atoms with Crippen LogP contribution in [0.5, 0.6) is 0 Å². The van der Waals surface area contributed by atoms with Gasteiger partial charge in [0.2, 0.25) is 10.0 Å². The van der Waals surface area contributed by atoms with E-state index in [2.05, 4.69) is 25.8 Å². The molecule has 0 fully saturated rings. The van der Waals surface area contributed by atoms with Crippen LogP contribution in [0.3, 0.4) is 0 Å². The molecule has 0 unspecified atom stereocenters. The van der Waals surface area contributed by atoms with E-state index in [0.29, 0.717) is 5.82 Å². The first-order chi connectivity index (χ1) is 6.46. The smallest absolute Gasteiger partial charge is 0.243 e. The second-order valence-corrected chi connectivity index (χ2v) is 6.11. The molecule has 1 N–H and O–H groups in total. The van der Waals surface area contributed by atoms with Crippen LogP contribution in [0.2, 0.25) is 0 Å². The number of aromatic nitrogens is 2. The van der Waals surface area contributed by atoms with Crippen molar-refractivity contribution in [2.24, 2.45) is 0 Å². The van der Waals surface area contributed by atoms with Gasteiger partial charge in [-0.3, -0.25) is 4.72 Å². The zero-order valence-corrected chi connectivity index (χ0v) is 10.3. The second kappa shape index (κ2) is 4.31. The molecule has 7 heteroatoms. The number of rotatable bonds is 4. The van der Waals surface area contributed by atoms with Crippen LogP contribution >= 0.6 is 15.9 Å². The molecule has 5 nitrogen and oxygen atoms in total. The molecule has 0 radical (unpaired) electrons. The standard InChI is InChI=1S/C7H12BrN3O2S/c1-6(2)11-7(3-4-9-11)10-14(12,13)5-8/h3-4,6,10H,5H2,1-2H3. The SMILES string of the molecule is CC(C)n1nccc1NS(=O)(=O)CBr. The van der Waals surface area contributed by atoms with E-state index < -0.39 is 10.0 Å². The predicted octanol–water partition coefficient (Wildman–Crippen LogP) is 1.56. The van der Waals surface area contributed by atoms with Gasteiger partial charge in [-0.2, -0.15) is 5.10 Å². The van der Waals surface area contributed by atoms with Gasteiger partial charge in [0.15, 0.2) is 0 Å². The Bertz CT molecular complexity index is 399. The second-order valence-electron chi connectivity index (χ2n) is 3.08. The molecule has 1 rings (SSSR count).